The summed E-state index contributed by atoms with van der Waals surface area (Å²) in [6.45, 7) is 6.39. The van der Waals surface area contributed by atoms with E-state index in [9.17, 15) is 9.90 Å². The number of aromatic carboxylic acids is 1. The van der Waals surface area contributed by atoms with Crippen LogP contribution in [0.25, 0.3) is 5.65 Å². The van der Waals surface area contributed by atoms with Gasteiger partial charge in [0, 0.05) is 25.8 Å². The molecule has 118 valence electrons. The first-order valence-electron chi connectivity index (χ1n) is 7.30. The van der Waals surface area contributed by atoms with Crippen molar-refractivity contribution in [2.45, 2.75) is 6.92 Å². The molecule has 22 heavy (non-hydrogen) atoms. The molecule has 0 aromatic carbocycles. The Labute approximate surface area is 128 Å². The summed E-state index contributed by atoms with van der Waals surface area (Å²) in [4.78, 5) is 17.9. The van der Waals surface area contributed by atoms with Crippen LogP contribution in [0.4, 0.5) is 0 Å². The van der Waals surface area contributed by atoms with Crippen LogP contribution < -0.4 is 4.74 Å². The van der Waals surface area contributed by atoms with E-state index in [2.05, 4.69) is 9.88 Å². The van der Waals surface area contributed by atoms with Gasteiger partial charge in [-0.2, -0.15) is 0 Å². The molecule has 7 nitrogen and oxygen atoms in total. The van der Waals surface area contributed by atoms with Gasteiger partial charge in [0.05, 0.1) is 18.9 Å². The zero-order chi connectivity index (χ0) is 15.5. The number of aryl methyl sites for hydroxylation is 1. The number of ether oxygens (including phenoxy) is 2. The molecule has 0 spiro atoms. The van der Waals surface area contributed by atoms with Crippen LogP contribution in [-0.4, -0.2) is 64.8 Å². The van der Waals surface area contributed by atoms with E-state index in [1.807, 2.05) is 6.07 Å². The van der Waals surface area contributed by atoms with Crippen LogP contribution in [0.3, 0.4) is 0 Å². The van der Waals surface area contributed by atoms with Gasteiger partial charge < -0.3 is 14.6 Å². The minimum atomic E-state index is -0.990. The molecule has 0 aliphatic carbocycles. The zero-order valence-electron chi connectivity index (χ0n) is 12.5. The van der Waals surface area contributed by atoms with Crippen LogP contribution in [0, 0.1) is 6.92 Å². The number of imidazole rings is 1. The molecule has 0 atom stereocenters. The van der Waals surface area contributed by atoms with Gasteiger partial charge in [0.2, 0.25) is 0 Å². The fraction of sp³-hybridized carbons (Fsp3) is 0.467. The lowest BCUT2D eigenvalue weighted by Gasteiger charge is -2.26. The number of fused-ring (bicyclic) bond motifs is 1. The predicted octanol–water partition coefficient (Wildman–Crippen LogP) is 1.05. The highest BCUT2D eigenvalue weighted by Crippen LogP contribution is 2.22. The van der Waals surface area contributed by atoms with Gasteiger partial charge in [-0.25, -0.2) is 9.78 Å². The number of hydrogen-bond acceptors (Lipinski definition) is 5. The molecule has 1 N–H and O–H groups in total. The summed E-state index contributed by atoms with van der Waals surface area (Å²) in [6.07, 6.45) is 1.69. The van der Waals surface area contributed by atoms with Crippen LogP contribution in [0.2, 0.25) is 0 Å². The van der Waals surface area contributed by atoms with Crippen molar-refractivity contribution in [1.29, 1.82) is 0 Å². The fourth-order valence-electron chi connectivity index (χ4n) is 2.64. The van der Waals surface area contributed by atoms with Crippen molar-refractivity contribution in [3.05, 3.63) is 29.7 Å². The van der Waals surface area contributed by atoms with Gasteiger partial charge in [-0.05, 0) is 19.1 Å². The predicted molar refractivity (Wildman–Crippen MR) is 79.6 cm³/mol. The maximum Gasteiger partial charge on any atom is 0.354 e. The molecule has 0 bridgehead atoms. The molecule has 2 aromatic heterocycles. The Balaban J connectivity index is 1.73. The van der Waals surface area contributed by atoms with Crippen molar-refractivity contribution < 1.29 is 19.4 Å². The first-order valence-corrected chi connectivity index (χ1v) is 7.30. The lowest BCUT2D eigenvalue weighted by atomic mass is 10.3. The zero-order valence-corrected chi connectivity index (χ0v) is 12.5. The van der Waals surface area contributed by atoms with Gasteiger partial charge in [-0.15, -0.1) is 0 Å². The number of nitrogens with zero attached hydrogens (tertiary/aromatic N) is 3. The lowest BCUT2D eigenvalue weighted by Crippen LogP contribution is -2.38. The molecule has 3 heterocycles. The third-order valence-corrected chi connectivity index (χ3v) is 3.76. The fourth-order valence-corrected chi connectivity index (χ4v) is 2.64. The number of carbonyl (C=O) groups is 1. The molecule has 7 heteroatoms. The summed E-state index contributed by atoms with van der Waals surface area (Å²) < 4.78 is 12.7. The molecule has 1 saturated heterocycles. The highest BCUT2D eigenvalue weighted by Gasteiger charge is 2.18. The summed E-state index contributed by atoms with van der Waals surface area (Å²) >= 11 is 0. The second kappa shape index (κ2) is 6.33. The van der Waals surface area contributed by atoms with E-state index in [1.54, 1.807) is 23.6 Å². The minimum absolute atomic E-state index is 0.175. The molecule has 0 radical (unpaired) electrons. The minimum Gasteiger partial charge on any atom is -0.488 e. The van der Waals surface area contributed by atoms with E-state index in [-0.39, 0.29) is 5.69 Å². The van der Waals surface area contributed by atoms with E-state index in [0.29, 0.717) is 23.7 Å². The van der Waals surface area contributed by atoms with Crippen molar-refractivity contribution in [2.75, 3.05) is 39.5 Å². The third kappa shape index (κ3) is 2.90. The summed E-state index contributed by atoms with van der Waals surface area (Å²) in [5, 5.41) is 9.27. The first kappa shape index (κ1) is 14.8. The van der Waals surface area contributed by atoms with Crippen molar-refractivity contribution in [3.8, 4) is 5.75 Å². The third-order valence-electron chi connectivity index (χ3n) is 3.76. The van der Waals surface area contributed by atoms with Crippen molar-refractivity contribution >= 4 is 11.6 Å². The Kier molecular flexibility index (Phi) is 4.26. The number of rotatable bonds is 5. The Morgan fingerprint density at radius 2 is 2.23 bits per heavy atom. The average molecular weight is 305 g/mol. The van der Waals surface area contributed by atoms with Gasteiger partial charge in [0.25, 0.3) is 0 Å². The topological polar surface area (TPSA) is 76.3 Å². The average Bonchev–Trinajstić information content (AvgIpc) is 2.85. The highest BCUT2D eigenvalue weighted by molar-refractivity contribution is 5.88. The Morgan fingerprint density at radius 1 is 1.45 bits per heavy atom. The molecule has 0 saturated carbocycles. The molecule has 1 fully saturated rings. The molecule has 1 aliphatic heterocycles. The largest absolute Gasteiger partial charge is 0.488 e. The Bertz CT molecular complexity index is 677. The maximum atomic E-state index is 11.3. The van der Waals surface area contributed by atoms with Crippen molar-refractivity contribution in [3.63, 3.8) is 0 Å². The van der Waals surface area contributed by atoms with E-state index >= 15 is 0 Å². The van der Waals surface area contributed by atoms with Gasteiger partial charge in [-0.1, -0.05) is 0 Å². The van der Waals surface area contributed by atoms with Gasteiger partial charge in [-0.3, -0.25) is 9.30 Å². The smallest absolute Gasteiger partial charge is 0.354 e. The SMILES string of the molecule is Cc1nc2c(OCCN3CCOCC3)cccn2c1C(=O)O. The summed E-state index contributed by atoms with van der Waals surface area (Å²) in [6, 6.07) is 3.58. The summed E-state index contributed by atoms with van der Waals surface area (Å²) in [7, 11) is 0. The summed E-state index contributed by atoms with van der Waals surface area (Å²) in [5.41, 5.74) is 1.20. The lowest BCUT2D eigenvalue weighted by molar-refractivity contribution is 0.0323. The van der Waals surface area contributed by atoms with Gasteiger partial charge >= 0.3 is 5.97 Å². The van der Waals surface area contributed by atoms with Crippen LogP contribution in [0.5, 0.6) is 5.75 Å². The number of aromatic nitrogens is 2. The molecule has 2 aromatic rings. The number of hydrogen-bond donors (Lipinski definition) is 1. The van der Waals surface area contributed by atoms with E-state index in [0.717, 1.165) is 32.8 Å². The number of morpholine rings is 1. The second-order valence-corrected chi connectivity index (χ2v) is 5.22. The van der Waals surface area contributed by atoms with Crippen molar-refractivity contribution in [1.82, 2.24) is 14.3 Å². The van der Waals surface area contributed by atoms with Gasteiger partial charge in [0.1, 0.15) is 6.61 Å². The van der Waals surface area contributed by atoms with Crippen LogP contribution in [0.15, 0.2) is 18.3 Å². The van der Waals surface area contributed by atoms with E-state index in [1.165, 1.54) is 0 Å². The number of carboxylic acids is 1. The van der Waals surface area contributed by atoms with Crippen LogP contribution in [-0.2, 0) is 4.74 Å². The second-order valence-electron chi connectivity index (χ2n) is 5.22. The Morgan fingerprint density at radius 3 is 2.95 bits per heavy atom. The highest BCUT2D eigenvalue weighted by atomic mass is 16.5. The number of carboxylic acid groups (broad SMARTS) is 1. The monoisotopic (exact) mass is 305 g/mol. The van der Waals surface area contributed by atoms with Crippen LogP contribution in [0.1, 0.15) is 16.2 Å². The molecule has 3 rings (SSSR count). The quantitative estimate of drug-likeness (QED) is 0.890. The van der Waals surface area contributed by atoms with Crippen LogP contribution >= 0.6 is 0 Å². The van der Waals surface area contributed by atoms with Gasteiger partial charge in [0.15, 0.2) is 17.1 Å². The molecule has 1 aliphatic rings. The van der Waals surface area contributed by atoms with E-state index < -0.39 is 5.97 Å². The maximum absolute atomic E-state index is 11.3. The first-order chi connectivity index (χ1) is 10.7. The number of pyridine rings is 1. The Hall–Kier alpha value is -2.12. The molecule has 0 amide bonds. The standard InChI is InChI=1S/C15H19N3O4/c1-11-13(15(19)20)18-4-2-3-12(14(18)16-11)22-10-7-17-5-8-21-9-6-17/h2-4H,5-10H2,1H3,(H,19,20). The summed E-state index contributed by atoms with van der Waals surface area (Å²) in [5.74, 6) is -0.387. The van der Waals surface area contributed by atoms with E-state index in [4.69, 9.17) is 9.47 Å². The normalized spacial score (nSPS) is 16.0. The molecule has 0 unspecified atom stereocenters. The molecular weight excluding hydrogens is 286 g/mol. The van der Waals surface area contributed by atoms with Crippen molar-refractivity contribution in [2.24, 2.45) is 0 Å². The molecular formula is C15H19N3O4.